The summed E-state index contributed by atoms with van der Waals surface area (Å²) in [6.45, 7) is 1.93. The molecule has 0 bridgehead atoms. The zero-order chi connectivity index (χ0) is 24.1. The van der Waals surface area contributed by atoms with Gasteiger partial charge >= 0.3 is 5.97 Å². The number of aromatic nitrogens is 3. The van der Waals surface area contributed by atoms with Gasteiger partial charge in [-0.05, 0) is 48.9 Å². The Morgan fingerprint density at radius 2 is 1.91 bits per heavy atom. The molecule has 2 aromatic heterocycles. The Labute approximate surface area is 204 Å². The van der Waals surface area contributed by atoms with Crippen LogP contribution in [0.1, 0.15) is 51.2 Å². The lowest BCUT2D eigenvalue weighted by Crippen LogP contribution is -2.17. The Balaban J connectivity index is 1.42. The number of rotatable bonds is 8. The maximum atomic E-state index is 12.6. The maximum absolute atomic E-state index is 12.6. The SMILES string of the molecule is CCCCc1nn2c(=O)cc(COC(=O)c3cccc(NC(=O)c4ccc(Cl)cc4)c3)nc2s1. The Morgan fingerprint density at radius 1 is 1.12 bits per heavy atom. The average Bonchev–Trinajstić information content (AvgIpc) is 3.25. The minimum absolute atomic E-state index is 0.159. The van der Waals surface area contributed by atoms with Crippen molar-refractivity contribution in [2.75, 3.05) is 5.32 Å². The highest BCUT2D eigenvalue weighted by Gasteiger charge is 2.13. The van der Waals surface area contributed by atoms with Gasteiger partial charge in [0.1, 0.15) is 11.6 Å². The molecule has 10 heteroatoms. The van der Waals surface area contributed by atoms with Gasteiger partial charge in [-0.3, -0.25) is 9.59 Å². The molecule has 0 spiro atoms. The number of carbonyl (C=O) groups is 2. The zero-order valence-corrected chi connectivity index (χ0v) is 19.9. The Hall–Kier alpha value is -3.56. The number of hydrogen-bond acceptors (Lipinski definition) is 7. The first-order valence-electron chi connectivity index (χ1n) is 10.7. The van der Waals surface area contributed by atoms with Crippen LogP contribution in [0.15, 0.2) is 59.4 Å². The molecule has 0 unspecified atom stereocenters. The fraction of sp³-hybridized carbons (Fsp3) is 0.208. The van der Waals surface area contributed by atoms with Crippen molar-refractivity contribution >= 4 is 45.5 Å². The third-order valence-corrected chi connectivity index (χ3v) is 6.12. The summed E-state index contributed by atoms with van der Waals surface area (Å²) in [5, 5.41) is 8.42. The van der Waals surface area contributed by atoms with E-state index in [2.05, 4.69) is 22.3 Å². The smallest absolute Gasteiger partial charge is 0.338 e. The number of nitrogens with one attached hydrogen (secondary N) is 1. The van der Waals surface area contributed by atoms with Gasteiger partial charge in [0.15, 0.2) is 0 Å². The lowest BCUT2D eigenvalue weighted by Gasteiger charge is -2.08. The number of carbonyl (C=O) groups excluding carboxylic acids is 2. The molecule has 8 nitrogen and oxygen atoms in total. The molecule has 0 atom stereocenters. The van der Waals surface area contributed by atoms with E-state index in [1.807, 2.05) is 0 Å². The van der Waals surface area contributed by atoms with Crippen LogP contribution in [-0.4, -0.2) is 26.5 Å². The molecule has 0 saturated heterocycles. The van der Waals surface area contributed by atoms with E-state index in [4.69, 9.17) is 16.3 Å². The van der Waals surface area contributed by atoms with Crippen molar-refractivity contribution in [3.05, 3.63) is 91.8 Å². The number of unbranched alkanes of at least 4 members (excludes halogenated alkanes) is 1. The summed E-state index contributed by atoms with van der Waals surface area (Å²) < 4.78 is 6.63. The van der Waals surface area contributed by atoms with Crippen LogP contribution in [0.2, 0.25) is 5.02 Å². The van der Waals surface area contributed by atoms with Crippen molar-refractivity contribution < 1.29 is 14.3 Å². The Kier molecular flexibility index (Phi) is 7.34. The van der Waals surface area contributed by atoms with E-state index in [0.717, 1.165) is 24.3 Å². The number of halogens is 1. The summed E-state index contributed by atoms with van der Waals surface area (Å²) in [7, 11) is 0. The normalized spacial score (nSPS) is 10.9. The van der Waals surface area contributed by atoms with Gasteiger partial charge in [-0.25, -0.2) is 9.78 Å². The number of esters is 1. The summed E-state index contributed by atoms with van der Waals surface area (Å²) in [6.07, 6.45) is 2.81. The molecule has 1 amide bonds. The summed E-state index contributed by atoms with van der Waals surface area (Å²) in [4.78, 5) is 42.2. The number of aryl methyl sites for hydroxylation is 1. The third-order valence-electron chi connectivity index (χ3n) is 4.90. The van der Waals surface area contributed by atoms with Crippen molar-refractivity contribution in [2.45, 2.75) is 32.8 Å². The Bertz CT molecular complexity index is 1400. The second-order valence-electron chi connectivity index (χ2n) is 7.50. The molecular weight excluding hydrogens is 476 g/mol. The van der Waals surface area contributed by atoms with Crippen LogP contribution in [-0.2, 0) is 17.8 Å². The number of nitrogens with zero attached hydrogens (tertiary/aromatic N) is 3. The molecule has 4 rings (SSSR count). The van der Waals surface area contributed by atoms with Gasteiger partial charge in [-0.1, -0.05) is 42.3 Å². The van der Waals surface area contributed by atoms with Gasteiger partial charge in [0.05, 0.1) is 11.3 Å². The van der Waals surface area contributed by atoms with Crippen LogP contribution in [0.25, 0.3) is 4.96 Å². The predicted octanol–water partition coefficient (Wildman–Crippen LogP) is 4.76. The second-order valence-corrected chi connectivity index (χ2v) is 8.97. The third kappa shape index (κ3) is 5.67. The molecule has 2 heterocycles. The van der Waals surface area contributed by atoms with Crippen LogP contribution in [0, 0.1) is 0 Å². The van der Waals surface area contributed by atoms with Gasteiger partial charge in [0.25, 0.3) is 11.5 Å². The van der Waals surface area contributed by atoms with Crippen molar-refractivity contribution in [3.8, 4) is 0 Å². The predicted molar refractivity (Wildman–Crippen MR) is 131 cm³/mol. The van der Waals surface area contributed by atoms with Crippen LogP contribution in [0.4, 0.5) is 5.69 Å². The lowest BCUT2D eigenvalue weighted by atomic mass is 10.1. The van der Waals surface area contributed by atoms with Gasteiger partial charge in [0.2, 0.25) is 4.96 Å². The molecule has 1 N–H and O–H groups in total. The number of anilines is 1. The monoisotopic (exact) mass is 496 g/mol. The number of benzene rings is 2. The van der Waals surface area contributed by atoms with Gasteiger partial charge in [0, 0.05) is 28.8 Å². The van der Waals surface area contributed by atoms with Crippen LogP contribution in [0.5, 0.6) is 0 Å². The summed E-state index contributed by atoms with van der Waals surface area (Å²) in [6, 6.07) is 14.2. The van der Waals surface area contributed by atoms with E-state index in [-0.39, 0.29) is 23.6 Å². The molecule has 4 aromatic rings. The fourth-order valence-corrected chi connectivity index (χ4v) is 4.24. The maximum Gasteiger partial charge on any atom is 0.338 e. The summed E-state index contributed by atoms with van der Waals surface area (Å²) in [5.41, 5.74) is 1.16. The fourth-order valence-electron chi connectivity index (χ4n) is 3.15. The summed E-state index contributed by atoms with van der Waals surface area (Å²) >= 11 is 7.21. The number of hydrogen-bond donors (Lipinski definition) is 1. The van der Waals surface area contributed by atoms with E-state index in [1.165, 1.54) is 28.0 Å². The highest BCUT2D eigenvalue weighted by atomic mass is 35.5. The molecule has 0 aliphatic heterocycles. The van der Waals surface area contributed by atoms with E-state index < -0.39 is 5.97 Å². The molecule has 34 heavy (non-hydrogen) atoms. The van der Waals surface area contributed by atoms with Gasteiger partial charge in [-0.2, -0.15) is 9.61 Å². The molecule has 0 saturated carbocycles. The highest BCUT2D eigenvalue weighted by Crippen LogP contribution is 2.17. The number of amides is 1. The molecular formula is C24H21ClN4O4S. The van der Waals surface area contributed by atoms with Crippen molar-refractivity contribution in [1.29, 1.82) is 0 Å². The zero-order valence-electron chi connectivity index (χ0n) is 18.3. The standard InChI is InChI=1S/C24H21ClN4O4S/c1-2-3-7-20-28-29-21(30)13-19(27-24(29)34-20)14-33-23(32)16-5-4-6-18(12-16)26-22(31)15-8-10-17(25)11-9-15/h4-6,8-13H,2-3,7,14H2,1H3,(H,26,31). The van der Waals surface area contributed by atoms with Crippen molar-refractivity contribution in [1.82, 2.24) is 14.6 Å². The first-order chi connectivity index (χ1) is 16.4. The topological polar surface area (TPSA) is 103 Å². The molecule has 0 radical (unpaired) electrons. The molecule has 0 aliphatic carbocycles. The minimum atomic E-state index is -0.600. The van der Waals surface area contributed by atoms with Gasteiger partial charge in [-0.15, -0.1) is 0 Å². The molecule has 174 valence electrons. The van der Waals surface area contributed by atoms with Crippen LogP contribution < -0.4 is 10.9 Å². The minimum Gasteiger partial charge on any atom is -0.456 e. The van der Waals surface area contributed by atoms with E-state index >= 15 is 0 Å². The quantitative estimate of drug-likeness (QED) is 0.353. The first-order valence-corrected chi connectivity index (χ1v) is 11.8. The first kappa shape index (κ1) is 23.6. The largest absolute Gasteiger partial charge is 0.456 e. The Morgan fingerprint density at radius 3 is 2.68 bits per heavy atom. The average molecular weight is 497 g/mol. The number of ether oxygens (including phenoxy) is 1. The van der Waals surface area contributed by atoms with Gasteiger partial charge < -0.3 is 10.1 Å². The van der Waals surface area contributed by atoms with Crippen LogP contribution >= 0.6 is 22.9 Å². The number of fused-ring (bicyclic) bond motifs is 1. The van der Waals surface area contributed by atoms with Crippen molar-refractivity contribution in [3.63, 3.8) is 0 Å². The molecule has 0 aliphatic rings. The van der Waals surface area contributed by atoms with Crippen molar-refractivity contribution in [2.24, 2.45) is 0 Å². The highest BCUT2D eigenvalue weighted by molar-refractivity contribution is 7.16. The lowest BCUT2D eigenvalue weighted by molar-refractivity contribution is 0.0467. The van der Waals surface area contributed by atoms with E-state index in [9.17, 15) is 14.4 Å². The van der Waals surface area contributed by atoms with E-state index in [0.29, 0.717) is 26.9 Å². The molecule has 2 aromatic carbocycles. The molecule has 0 fully saturated rings. The second kappa shape index (κ2) is 10.6. The van der Waals surface area contributed by atoms with Crippen LogP contribution in [0.3, 0.4) is 0 Å². The van der Waals surface area contributed by atoms with E-state index in [1.54, 1.807) is 42.5 Å². The summed E-state index contributed by atoms with van der Waals surface area (Å²) in [5.74, 6) is -0.930.